The predicted molar refractivity (Wildman–Crippen MR) is 66.8 cm³/mol. The third kappa shape index (κ3) is 2.24. The fraction of sp³-hybridized carbons (Fsp3) is 0.333. The van der Waals surface area contributed by atoms with Gasteiger partial charge in [-0.2, -0.15) is 5.10 Å². The van der Waals surface area contributed by atoms with E-state index in [1.54, 1.807) is 6.07 Å². The number of hydrogen-bond acceptors (Lipinski definition) is 3. The molecule has 0 atom stereocenters. The molecule has 0 aliphatic rings. The molecule has 0 aliphatic heterocycles. The van der Waals surface area contributed by atoms with Gasteiger partial charge in [0.15, 0.2) is 0 Å². The standard InChI is InChI=1S/C12H14N2O2S/c1-7-10(8(2)14(3)13-7)4-9-5-11(12(15)16)17-6-9/h5-6H,4H2,1-3H3,(H,15,16). The normalized spacial score (nSPS) is 10.8. The summed E-state index contributed by atoms with van der Waals surface area (Å²) in [6, 6.07) is 1.74. The van der Waals surface area contributed by atoms with Crippen LogP contribution in [0, 0.1) is 13.8 Å². The molecule has 1 N–H and O–H groups in total. The second-order valence-electron chi connectivity index (χ2n) is 4.07. The molecule has 2 aromatic heterocycles. The van der Waals surface area contributed by atoms with E-state index < -0.39 is 5.97 Å². The van der Waals surface area contributed by atoms with Gasteiger partial charge in [-0.15, -0.1) is 11.3 Å². The highest BCUT2D eigenvalue weighted by molar-refractivity contribution is 7.12. The van der Waals surface area contributed by atoms with Crippen LogP contribution in [0.25, 0.3) is 0 Å². The SMILES string of the molecule is Cc1nn(C)c(C)c1Cc1csc(C(=O)O)c1. The zero-order valence-corrected chi connectivity index (χ0v) is 10.8. The topological polar surface area (TPSA) is 55.1 Å². The van der Waals surface area contributed by atoms with Crippen molar-refractivity contribution >= 4 is 17.3 Å². The van der Waals surface area contributed by atoms with Crippen LogP contribution in [0.1, 0.15) is 32.2 Å². The first kappa shape index (κ1) is 11.9. The number of carbonyl (C=O) groups is 1. The smallest absolute Gasteiger partial charge is 0.345 e. The van der Waals surface area contributed by atoms with Crippen LogP contribution < -0.4 is 0 Å². The van der Waals surface area contributed by atoms with Gasteiger partial charge in [0.25, 0.3) is 0 Å². The van der Waals surface area contributed by atoms with Crippen molar-refractivity contribution in [2.24, 2.45) is 7.05 Å². The second kappa shape index (κ2) is 4.33. The van der Waals surface area contributed by atoms with E-state index in [-0.39, 0.29) is 0 Å². The van der Waals surface area contributed by atoms with E-state index in [1.165, 1.54) is 16.9 Å². The van der Waals surface area contributed by atoms with Gasteiger partial charge in [-0.05, 0) is 30.9 Å². The number of aromatic nitrogens is 2. The molecule has 0 fully saturated rings. The Morgan fingerprint density at radius 2 is 2.24 bits per heavy atom. The van der Waals surface area contributed by atoms with Crippen molar-refractivity contribution < 1.29 is 9.90 Å². The van der Waals surface area contributed by atoms with E-state index in [0.717, 1.165) is 23.4 Å². The van der Waals surface area contributed by atoms with Gasteiger partial charge in [0, 0.05) is 24.7 Å². The number of aromatic carboxylic acids is 1. The van der Waals surface area contributed by atoms with Gasteiger partial charge in [0.1, 0.15) is 4.88 Å². The first-order valence-corrected chi connectivity index (χ1v) is 6.16. The molecule has 0 bridgehead atoms. The average molecular weight is 250 g/mol. The zero-order valence-electron chi connectivity index (χ0n) is 10.0. The minimum absolute atomic E-state index is 0.388. The van der Waals surface area contributed by atoms with Crippen LogP contribution in [0.2, 0.25) is 0 Å². The molecule has 2 heterocycles. The summed E-state index contributed by atoms with van der Waals surface area (Å²) in [7, 11) is 1.92. The summed E-state index contributed by atoms with van der Waals surface area (Å²) in [5.41, 5.74) is 4.35. The number of nitrogens with zero attached hydrogens (tertiary/aromatic N) is 2. The van der Waals surface area contributed by atoms with Crippen LogP contribution >= 0.6 is 11.3 Å². The largest absolute Gasteiger partial charge is 0.477 e. The van der Waals surface area contributed by atoms with Crippen LogP contribution in [-0.2, 0) is 13.5 Å². The molecule has 17 heavy (non-hydrogen) atoms. The van der Waals surface area contributed by atoms with Crippen molar-refractivity contribution in [2.75, 3.05) is 0 Å². The lowest BCUT2D eigenvalue weighted by Gasteiger charge is -1.99. The predicted octanol–water partition coefficient (Wildman–Crippen LogP) is 2.39. The summed E-state index contributed by atoms with van der Waals surface area (Å²) in [5, 5.41) is 15.1. The lowest BCUT2D eigenvalue weighted by atomic mass is 10.1. The maximum absolute atomic E-state index is 10.8. The fourth-order valence-electron chi connectivity index (χ4n) is 1.86. The van der Waals surface area contributed by atoms with Gasteiger partial charge in [-0.1, -0.05) is 0 Å². The molecule has 0 saturated heterocycles. The fourth-order valence-corrected chi connectivity index (χ4v) is 2.61. The lowest BCUT2D eigenvalue weighted by molar-refractivity contribution is 0.0702. The van der Waals surface area contributed by atoms with E-state index in [1.807, 2.05) is 31.0 Å². The van der Waals surface area contributed by atoms with E-state index in [0.29, 0.717) is 4.88 Å². The molecule has 0 saturated carbocycles. The Kier molecular flexibility index (Phi) is 3.02. The Hall–Kier alpha value is -1.62. The molecule has 0 aromatic carbocycles. The van der Waals surface area contributed by atoms with Gasteiger partial charge in [0.2, 0.25) is 0 Å². The summed E-state index contributed by atoms with van der Waals surface area (Å²) >= 11 is 1.27. The summed E-state index contributed by atoms with van der Waals surface area (Å²) in [4.78, 5) is 11.2. The highest BCUT2D eigenvalue weighted by atomic mass is 32.1. The number of hydrogen-bond donors (Lipinski definition) is 1. The van der Waals surface area contributed by atoms with Gasteiger partial charge in [-0.25, -0.2) is 4.79 Å². The van der Waals surface area contributed by atoms with Crippen molar-refractivity contribution in [1.29, 1.82) is 0 Å². The molecule has 2 rings (SSSR count). The molecule has 0 spiro atoms. The Morgan fingerprint density at radius 3 is 2.71 bits per heavy atom. The molecule has 0 aliphatic carbocycles. The van der Waals surface area contributed by atoms with Gasteiger partial charge in [-0.3, -0.25) is 4.68 Å². The van der Waals surface area contributed by atoms with E-state index >= 15 is 0 Å². The third-order valence-electron chi connectivity index (χ3n) is 2.90. The van der Waals surface area contributed by atoms with Crippen molar-refractivity contribution in [2.45, 2.75) is 20.3 Å². The number of carboxylic acid groups (broad SMARTS) is 1. The summed E-state index contributed by atoms with van der Waals surface area (Å²) in [6.07, 6.45) is 0.745. The molecule has 0 unspecified atom stereocenters. The van der Waals surface area contributed by atoms with Crippen molar-refractivity contribution in [1.82, 2.24) is 9.78 Å². The van der Waals surface area contributed by atoms with E-state index in [9.17, 15) is 4.79 Å². The third-order valence-corrected chi connectivity index (χ3v) is 3.87. The van der Waals surface area contributed by atoms with Gasteiger partial charge in [0.05, 0.1) is 5.69 Å². The van der Waals surface area contributed by atoms with Crippen molar-refractivity contribution in [3.05, 3.63) is 38.8 Å². The molecule has 4 nitrogen and oxygen atoms in total. The highest BCUT2D eigenvalue weighted by Gasteiger charge is 2.12. The Bertz CT molecular complexity index is 569. The number of thiophene rings is 1. The second-order valence-corrected chi connectivity index (χ2v) is 4.99. The van der Waals surface area contributed by atoms with E-state index in [4.69, 9.17) is 5.11 Å². The lowest BCUT2D eigenvalue weighted by Crippen LogP contribution is -1.95. The van der Waals surface area contributed by atoms with Crippen LogP contribution in [0.5, 0.6) is 0 Å². The van der Waals surface area contributed by atoms with Crippen LogP contribution in [0.15, 0.2) is 11.4 Å². The number of rotatable bonds is 3. The Balaban J connectivity index is 2.28. The highest BCUT2D eigenvalue weighted by Crippen LogP contribution is 2.21. The van der Waals surface area contributed by atoms with Crippen LogP contribution in [0.3, 0.4) is 0 Å². The molecule has 5 heteroatoms. The summed E-state index contributed by atoms with van der Waals surface area (Å²) in [6.45, 7) is 4.01. The molecule has 0 amide bonds. The minimum atomic E-state index is -0.860. The van der Waals surface area contributed by atoms with Gasteiger partial charge < -0.3 is 5.11 Å². The Labute approximate surface area is 104 Å². The monoisotopic (exact) mass is 250 g/mol. The Morgan fingerprint density at radius 1 is 1.53 bits per heavy atom. The average Bonchev–Trinajstić information content (AvgIpc) is 2.80. The quantitative estimate of drug-likeness (QED) is 0.910. The summed E-state index contributed by atoms with van der Waals surface area (Å²) in [5.74, 6) is -0.860. The maximum atomic E-state index is 10.8. The first-order valence-electron chi connectivity index (χ1n) is 5.29. The summed E-state index contributed by atoms with van der Waals surface area (Å²) < 4.78 is 1.86. The van der Waals surface area contributed by atoms with Crippen LogP contribution in [-0.4, -0.2) is 20.9 Å². The van der Waals surface area contributed by atoms with Crippen molar-refractivity contribution in [3.63, 3.8) is 0 Å². The number of aryl methyl sites for hydroxylation is 2. The molecular formula is C12H14N2O2S. The van der Waals surface area contributed by atoms with Crippen LogP contribution in [0.4, 0.5) is 0 Å². The molecule has 90 valence electrons. The molecular weight excluding hydrogens is 236 g/mol. The van der Waals surface area contributed by atoms with Crippen molar-refractivity contribution in [3.8, 4) is 0 Å². The number of carboxylic acids is 1. The molecule has 0 radical (unpaired) electrons. The zero-order chi connectivity index (χ0) is 12.6. The first-order chi connectivity index (χ1) is 7.99. The molecule has 2 aromatic rings. The van der Waals surface area contributed by atoms with Gasteiger partial charge >= 0.3 is 5.97 Å². The maximum Gasteiger partial charge on any atom is 0.345 e. The minimum Gasteiger partial charge on any atom is -0.477 e. The van der Waals surface area contributed by atoms with E-state index in [2.05, 4.69) is 5.10 Å².